The lowest BCUT2D eigenvalue weighted by Gasteiger charge is -2.25. The van der Waals surface area contributed by atoms with Crippen molar-refractivity contribution in [1.82, 2.24) is 0 Å². The third-order valence-corrected chi connectivity index (χ3v) is 2.85. The van der Waals surface area contributed by atoms with Crippen molar-refractivity contribution in [3.63, 3.8) is 0 Å². The van der Waals surface area contributed by atoms with Crippen LogP contribution in [-0.2, 0) is 4.79 Å². The van der Waals surface area contributed by atoms with Gasteiger partial charge in [-0.3, -0.25) is 10.1 Å². The summed E-state index contributed by atoms with van der Waals surface area (Å²) in [7, 11) is 1.56. The zero-order valence-corrected chi connectivity index (χ0v) is 10.6. The first-order valence-electron chi connectivity index (χ1n) is 5.59. The molecule has 98 valence electrons. The Labute approximate surface area is 105 Å². The second-order valence-electron chi connectivity index (χ2n) is 4.12. The molecule has 0 fully saturated rings. The molecule has 1 unspecified atom stereocenters. The monoisotopic (exact) mass is 252 g/mol. The molecule has 1 aromatic carbocycles. The van der Waals surface area contributed by atoms with E-state index in [1.54, 1.807) is 26.1 Å². The number of hydrogen-bond donors (Lipinski definition) is 1. The van der Waals surface area contributed by atoms with E-state index in [0.717, 1.165) is 5.56 Å². The maximum Gasteiger partial charge on any atom is 0.326 e. The Balaban J connectivity index is 3.25. The van der Waals surface area contributed by atoms with E-state index in [0.29, 0.717) is 12.1 Å². The Kier molecular flexibility index (Phi) is 4.25. The molecule has 1 aromatic rings. The van der Waals surface area contributed by atoms with Crippen LogP contribution in [0.2, 0.25) is 0 Å². The highest BCUT2D eigenvalue weighted by molar-refractivity contribution is 5.80. The van der Waals surface area contributed by atoms with E-state index in [-0.39, 0.29) is 5.69 Å². The summed E-state index contributed by atoms with van der Waals surface area (Å²) in [5, 5.41) is 20.0. The van der Waals surface area contributed by atoms with Crippen LogP contribution in [-0.4, -0.2) is 29.1 Å². The second kappa shape index (κ2) is 5.48. The molecule has 0 aliphatic carbocycles. The van der Waals surface area contributed by atoms with Crippen molar-refractivity contribution >= 4 is 17.3 Å². The number of carboxylic acids is 1. The number of carbonyl (C=O) groups is 1. The third-order valence-electron chi connectivity index (χ3n) is 2.85. The van der Waals surface area contributed by atoms with Crippen molar-refractivity contribution in [3.05, 3.63) is 33.9 Å². The molecule has 0 spiro atoms. The largest absolute Gasteiger partial charge is 0.480 e. The molecule has 1 N–H and O–H groups in total. The van der Waals surface area contributed by atoms with E-state index in [9.17, 15) is 14.9 Å². The van der Waals surface area contributed by atoms with Crippen LogP contribution in [0, 0.1) is 17.0 Å². The van der Waals surface area contributed by atoms with Gasteiger partial charge in [0.05, 0.1) is 4.92 Å². The van der Waals surface area contributed by atoms with E-state index < -0.39 is 16.9 Å². The summed E-state index contributed by atoms with van der Waals surface area (Å²) < 4.78 is 0. The van der Waals surface area contributed by atoms with Gasteiger partial charge in [-0.2, -0.15) is 0 Å². The zero-order chi connectivity index (χ0) is 13.9. The molecule has 0 saturated carbocycles. The van der Waals surface area contributed by atoms with Gasteiger partial charge in [0.1, 0.15) is 11.7 Å². The molecule has 0 heterocycles. The Morgan fingerprint density at radius 3 is 2.61 bits per heavy atom. The average Bonchev–Trinajstić information content (AvgIpc) is 2.28. The molecule has 1 atom stereocenters. The minimum Gasteiger partial charge on any atom is -0.480 e. The molecule has 18 heavy (non-hydrogen) atoms. The lowest BCUT2D eigenvalue weighted by atomic mass is 10.1. The summed E-state index contributed by atoms with van der Waals surface area (Å²) in [4.78, 5) is 23.0. The maximum absolute atomic E-state index is 11.1. The molecule has 6 heteroatoms. The second-order valence-corrected chi connectivity index (χ2v) is 4.12. The summed E-state index contributed by atoms with van der Waals surface area (Å²) in [6.45, 7) is 3.54. The molecular weight excluding hydrogens is 236 g/mol. The van der Waals surface area contributed by atoms with Gasteiger partial charge in [-0.15, -0.1) is 0 Å². The molecule has 0 bridgehead atoms. The van der Waals surface area contributed by atoms with E-state index in [1.807, 2.05) is 6.92 Å². The molecule has 0 radical (unpaired) electrons. The van der Waals surface area contributed by atoms with Gasteiger partial charge in [0.2, 0.25) is 0 Å². The summed E-state index contributed by atoms with van der Waals surface area (Å²) in [5.41, 5.74) is 1.10. The number of nitro groups is 1. The highest BCUT2D eigenvalue weighted by Gasteiger charge is 2.26. The molecule has 0 saturated heterocycles. The van der Waals surface area contributed by atoms with Crippen LogP contribution in [0.5, 0.6) is 0 Å². The molecule has 6 nitrogen and oxygen atoms in total. The van der Waals surface area contributed by atoms with Crippen molar-refractivity contribution < 1.29 is 14.8 Å². The SMILES string of the molecule is CCC(C(=O)O)N(C)c1cc(C)ccc1[N+](=O)[O-]. The van der Waals surface area contributed by atoms with Crippen LogP contribution in [0.3, 0.4) is 0 Å². The number of likely N-dealkylation sites (N-methyl/N-ethyl adjacent to an activating group) is 1. The summed E-state index contributed by atoms with van der Waals surface area (Å²) in [6.07, 6.45) is 0.372. The topological polar surface area (TPSA) is 83.7 Å². The van der Waals surface area contributed by atoms with Gasteiger partial charge >= 0.3 is 5.97 Å². The number of hydrogen-bond acceptors (Lipinski definition) is 4. The molecule has 0 aliphatic rings. The quantitative estimate of drug-likeness (QED) is 0.641. The van der Waals surface area contributed by atoms with E-state index in [4.69, 9.17) is 5.11 Å². The molecular formula is C12H16N2O4. The van der Waals surface area contributed by atoms with Crippen LogP contribution in [0.15, 0.2) is 18.2 Å². The summed E-state index contributed by atoms with van der Waals surface area (Å²) >= 11 is 0. The zero-order valence-electron chi connectivity index (χ0n) is 10.6. The molecule has 0 amide bonds. The van der Waals surface area contributed by atoms with Gasteiger partial charge in [0, 0.05) is 13.1 Å². The smallest absolute Gasteiger partial charge is 0.326 e. The minimum atomic E-state index is -0.990. The van der Waals surface area contributed by atoms with E-state index in [1.165, 1.54) is 11.0 Å². The molecule has 1 rings (SSSR count). The lowest BCUT2D eigenvalue weighted by molar-refractivity contribution is -0.384. The van der Waals surface area contributed by atoms with Gasteiger partial charge in [-0.05, 0) is 25.0 Å². The number of nitro benzene ring substituents is 1. The fraction of sp³-hybridized carbons (Fsp3) is 0.417. The van der Waals surface area contributed by atoms with Crippen molar-refractivity contribution in [1.29, 1.82) is 0 Å². The van der Waals surface area contributed by atoms with Crippen LogP contribution >= 0.6 is 0 Å². The van der Waals surface area contributed by atoms with Crippen molar-refractivity contribution in [2.24, 2.45) is 0 Å². The number of carboxylic acid groups (broad SMARTS) is 1. The van der Waals surface area contributed by atoms with Crippen molar-refractivity contribution in [3.8, 4) is 0 Å². The Morgan fingerprint density at radius 2 is 2.17 bits per heavy atom. The number of nitrogens with zero attached hydrogens (tertiary/aromatic N) is 2. The van der Waals surface area contributed by atoms with Crippen LogP contribution < -0.4 is 4.90 Å². The molecule has 0 aromatic heterocycles. The van der Waals surface area contributed by atoms with Gasteiger partial charge < -0.3 is 10.0 Å². The lowest BCUT2D eigenvalue weighted by Crippen LogP contribution is -2.38. The standard InChI is InChI=1S/C12H16N2O4/c1-4-9(12(15)16)13(3)11-7-8(2)5-6-10(11)14(17)18/h5-7,9H,4H2,1-3H3,(H,15,16). The van der Waals surface area contributed by atoms with Crippen LogP contribution in [0.25, 0.3) is 0 Å². The van der Waals surface area contributed by atoms with Gasteiger partial charge in [0.15, 0.2) is 0 Å². The fourth-order valence-corrected chi connectivity index (χ4v) is 1.85. The van der Waals surface area contributed by atoms with Gasteiger partial charge in [0.25, 0.3) is 5.69 Å². The highest BCUT2D eigenvalue weighted by Crippen LogP contribution is 2.30. The summed E-state index contributed by atoms with van der Waals surface area (Å²) in [6, 6.07) is 3.89. The minimum absolute atomic E-state index is 0.0807. The van der Waals surface area contributed by atoms with Gasteiger partial charge in [-0.25, -0.2) is 4.79 Å². The third kappa shape index (κ3) is 2.77. The maximum atomic E-state index is 11.1. The van der Waals surface area contributed by atoms with Crippen LogP contribution in [0.1, 0.15) is 18.9 Å². The first-order valence-corrected chi connectivity index (χ1v) is 5.59. The van der Waals surface area contributed by atoms with Crippen molar-refractivity contribution in [2.75, 3.05) is 11.9 Å². The normalized spacial score (nSPS) is 11.9. The predicted octanol–water partition coefficient (Wildman–Crippen LogP) is 2.20. The van der Waals surface area contributed by atoms with Gasteiger partial charge in [-0.1, -0.05) is 13.0 Å². The van der Waals surface area contributed by atoms with E-state index in [2.05, 4.69) is 0 Å². The first kappa shape index (κ1) is 14.0. The highest BCUT2D eigenvalue weighted by atomic mass is 16.6. The van der Waals surface area contributed by atoms with E-state index >= 15 is 0 Å². The number of aliphatic carboxylic acids is 1. The molecule has 0 aliphatic heterocycles. The Bertz CT molecular complexity index is 473. The average molecular weight is 252 g/mol. The predicted molar refractivity (Wildman–Crippen MR) is 68.0 cm³/mol. The Hall–Kier alpha value is -2.11. The number of rotatable bonds is 5. The van der Waals surface area contributed by atoms with Crippen LogP contribution in [0.4, 0.5) is 11.4 Å². The first-order chi connectivity index (χ1) is 8.38. The fourth-order valence-electron chi connectivity index (χ4n) is 1.85. The number of anilines is 1. The number of benzene rings is 1. The Morgan fingerprint density at radius 1 is 1.56 bits per heavy atom. The number of aryl methyl sites for hydroxylation is 1. The van der Waals surface area contributed by atoms with Crippen molar-refractivity contribution in [2.45, 2.75) is 26.3 Å². The summed E-state index contributed by atoms with van der Waals surface area (Å²) in [5.74, 6) is -0.990.